The molecule has 0 aliphatic carbocycles. The molecule has 1 fully saturated rings. The number of aliphatic hydroxyl groups is 1. The summed E-state index contributed by atoms with van der Waals surface area (Å²) < 4.78 is 5.65. The third-order valence-electron chi connectivity index (χ3n) is 5.04. The largest absolute Gasteiger partial charge is 0.491 e. The number of likely N-dealkylation sites (N-methyl/N-ethyl adjacent to an activating group) is 1. The number of nitrogens with one attached hydrogen (secondary N) is 2. The lowest BCUT2D eigenvalue weighted by Gasteiger charge is -2.34. The van der Waals surface area contributed by atoms with E-state index in [1.54, 1.807) is 0 Å². The first kappa shape index (κ1) is 26.9. The number of piperazine rings is 1. The van der Waals surface area contributed by atoms with Crippen molar-refractivity contribution in [2.45, 2.75) is 39.9 Å². The van der Waals surface area contributed by atoms with Gasteiger partial charge < -0.3 is 25.4 Å². The second-order valence-corrected chi connectivity index (χ2v) is 7.67. The number of benzene rings is 1. The maximum atomic E-state index is 10.5. The van der Waals surface area contributed by atoms with Crippen LogP contribution >= 0.6 is 24.0 Å². The van der Waals surface area contributed by atoms with Crippen LogP contribution in [0, 0.1) is 0 Å². The Morgan fingerprint density at radius 1 is 1.07 bits per heavy atom. The standard InChI is InChI=1S/C22H39N5O2.HI/c1-5-23-22(24-11-12-27-15-13-26(6-2)14-16-27)25-17-21(28)19-7-9-20(10-8-19)29-18(3)4;/h7-10,18,21,28H,5-6,11-17H2,1-4H3,(H2,23,24,25);1H. The second kappa shape index (κ2) is 14.8. The van der Waals surface area contributed by atoms with E-state index in [0.29, 0.717) is 6.54 Å². The van der Waals surface area contributed by atoms with E-state index in [0.717, 1.165) is 69.6 Å². The predicted molar refractivity (Wildman–Crippen MR) is 135 cm³/mol. The molecule has 1 aliphatic heterocycles. The number of halogens is 1. The van der Waals surface area contributed by atoms with Crippen molar-refractivity contribution in [3.8, 4) is 5.75 Å². The fourth-order valence-electron chi connectivity index (χ4n) is 3.33. The van der Waals surface area contributed by atoms with Crippen molar-refractivity contribution in [1.29, 1.82) is 0 Å². The van der Waals surface area contributed by atoms with Crippen molar-refractivity contribution in [3.05, 3.63) is 29.8 Å². The highest BCUT2D eigenvalue weighted by atomic mass is 127. The summed E-state index contributed by atoms with van der Waals surface area (Å²) >= 11 is 0. The zero-order chi connectivity index (χ0) is 21.1. The summed E-state index contributed by atoms with van der Waals surface area (Å²) in [6.45, 7) is 16.9. The van der Waals surface area contributed by atoms with Crippen LogP contribution in [0.15, 0.2) is 29.3 Å². The third kappa shape index (κ3) is 9.80. The van der Waals surface area contributed by atoms with Crippen molar-refractivity contribution in [2.24, 2.45) is 4.99 Å². The first-order valence-electron chi connectivity index (χ1n) is 10.9. The fraction of sp³-hybridized carbons (Fsp3) is 0.682. The molecule has 1 aromatic rings. The first-order chi connectivity index (χ1) is 14.0. The van der Waals surface area contributed by atoms with Gasteiger partial charge in [0.25, 0.3) is 0 Å². The average molecular weight is 533 g/mol. The Labute approximate surface area is 199 Å². The van der Waals surface area contributed by atoms with Gasteiger partial charge in [-0.25, -0.2) is 0 Å². The Balaban J connectivity index is 0.00000450. The van der Waals surface area contributed by atoms with Crippen molar-refractivity contribution in [2.75, 3.05) is 58.9 Å². The number of aliphatic imine (C=N–C) groups is 1. The number of guanidine groups is 1. The van der Waals surface area contributed by atoms with Crippen LogP contribution in [0.1, 0.15) is 39.4 Å². The fourth-order valence-corrected chi connectivity index (χ4v) is 3.33. The summed E-state index contributed by atoms with van der Waals surface area (Å²) in [5.74, 6) is 1.56. The molecule has 172 valence electrons. The van der Waals surface area contributed by atoms with Gasteiger partial charge in [0.05, 0.1) is 18.8 Å². The normalized spacial score (nSPS) is 16.8. The monoisotopic (exact) mass is 533 g/mol. The van der Waals surface area contributed by atoms with E-state index in [1.807, 2.05) is 45.0 Å². The number of aliphatic hydroxyl groups excluding tert-OH is 1. The Kier molecular flexibility index (Phi) is 13.3. The molecule has 0 bridgehead atoms. The van der Waals surface area contributed by atoms with E-state index in [9.17, 15) is 5.11 Å². The molecule has 7 nitrogen and oxygen atoms in total. The summed E-state index contributed by atoms with van der Waals surface area (Å²) in [4.78, 5) is 9.52. The average Bonchev–Trinajstić information content (AvgIpc) is 2.72. The maximum absolute atomic E-state index is 10.5. The Bertz CT molecular complexity index is 604. The summed E-state index contributed by atoms with van der Waals surface area (Å²) in [6.07, 6.45) is -0.500. The summed E-state index contributed by atoms with van der Waals surface area (Å²) in [5.41, 5.74) is 0.842. The van der Waals surface area contributed by atoms with E-state index < -0.39 is 6.10 Å². The van der Waals surface area contributed by atoms with Crippen LogP contribution in [0.2, 0.25) is 0 Å². The molecule has 1 aromatic carbocycles. The lowest BCUT2D eigenvalue weighted by molar-refractivity contribution is 0.139. The van der Waals surface area contributed by atoms with Crippen LogP contribution in [0.25, 0.3) is 0 Å². The van der Waals surface area contributed by atoms with Crippen molar-refractivity contribution in [3.63, 3.8) is 0 Å². The van der Waals surface area contributed by atoms with Gasteiger partial charge in [0, 0.05) is 45.8 Å². The maximum Gasteiger partial charge on any atom is 0.191 e. The van der Waals surface area contributed by atoms with Crippen LogP contribution in [0.5, 0.6) is 5.75 Å². The Morgan fingerprint density at radius 3 is 2.27 bits per heavy atom. The van der Waals surface area contributed by atoms with Gasteiger partial charge in [-0.2, -0.15) is 0 Å². The Morgan fingerprint density at radius 2 is 1.70 bits per heavy atom. The van der Waals surface area contributed by atoms with Crippen LogP contribution in [-0.4, -0.2) is 85.9 Å². The molecular weight excluding hydrogens is 493 g/mol. The van der Waals surface area contributed by atoms with Crippen molar-refractivity contribution in [1.82, 2.24) is 20.4 Å². The zero-order valence-electron chi connectivity index (χ0n) is 18.9. The SMILES string of the molecule is CCNC(=NCC(O)c1ccc(OC(C)C)cc1)NCCN1CCN(CC)CC1.I. The minimum atomic E-state index is -0.638. The molecule has 3 N–H and O–H groups in total. The molecule has 0 radical (unpaired) electrons. The van der Waals surface area contributed by atoms with Crippen LogP contribution in [-0.2, 0) is 0 Å². The third-order valence-corrected chi connectivity index (χ3v) is 5.04. The highest BCUT2D eigenvalue weighted by Crippen LogP contribution is 2.19. The van der Waals surface area contributed by atoms with Gasteiger partial charge in [-0.05, 0) is 45.0 Å². The van der Waals surface area contributed by atoms with Gasteiger partial charge >= 0.3 is 0 Å². The van der Waals surface area contributed by atoms with E-state index in [-0.39, 0.29) is 30.1 Å². The molecule has 0 spiro atoms. The zero-order valence-corrected chi connectivity index (χ0v) is 21.3. The first-order valence-corrected chi connectivity index (χ1v) is 10.9. The minimum absolute atomic E-state index is 0. The molecule has 0 saturated carbocycles. The van der Waals surface area contributed by atoms with Crippen molar-refractivity contribution < 1.29 is 9.84 Å². The molecule has 1 heterocycles. The molecule has 1 atom stereocenters. The molecule has 1 saturated heterocycles. The molecule has 8 heteroatoms. The molecule has 0 aromatic heterocycles. The highest BCUT2D eigenvalue weighted by molar-refractivity contribution is 14.0. The van der Waals surface area contributed by atoms with E-state index in [4.69, 9.17) is 4.74 Å². The summed E-state index contributed by atoms with van der Waals surface area (Å²) in [7, 11) is 0. The Hall–Kier alpha value is -1.10. The molecule has 0 amide bonds. The van der Waals surface area contributed by atoms with Crippen molar-refractivity contribution >= 4 is 29.9 Å². The smallest absolute Gasteiger partial charge is 0.191 e. The lowest BCUT2D eigenvalue weighted by atomic mass is 10.1. The van der Waals surface area contributed by atoms with Crippen LogP contribution in [0.3, 0.4) is 0 Å². The summed E-state index contributed by atoms with van der Waals surface area (Å²) in [6, 6.07) is 7.58. The molecule has 30 heavy (non-hydrogen) atoms. The number of ether oxygens (including phenoxy) is 1. The number of hydrogen-bond acceptors (Lipinski definition) is 5. The van der Waals surface area contributed by atoms with E-state index in [1.165, 1.54) is 0 Å². The molecular formula is C22H40IN5O2. The van der Waals surface area contributed by atoms with Gasteiger partial charge in [-0.15, -0.1) is 24.0 Å². The quantitative estimate of drug-likeness (QED) is 0.244. The predicted octanol–water partition coefficient (Wildman–Crippen LogP) is 2.32. The van der Waals surface area contributed by atoms with E-state index >= 15 is 0 Å². The van der Waals surface area contributed by atoms with Gasteiger partial charge in [0.15, 0.2) is 5.96 Å². The number of nitrogens with zero attached hydrogens (tertiary/aromatic N) is 3. The molecule has 1 aliphatic rings. The minimum Gasteiger partial charge on any atom is -0.491 e. The summed E-state index contributed by atoms with van der Waals surface area (Å²) in [5, 5.41) is 17.1. The van der Waals surface area contributed by atoms with E-state index in [2.05, 4.69) is 32.3 Å². The highest BCUT2D eigenvalue weighted by Gasteiger charge is 2.15. The second-order valence-electron chi connectivity index (χ2n) is 7.67. The van der Waals surface area contributed by atoms with Crippen LogP contribution in [0.4, 0.5) is 0 Å². The number of rotatable bonds is 10. The van der Waals surface area contributed by atoms with Gasteiger partial charge in [-0.3, -0.25) is 9.89 Å². The van der Waals surface area contributed by atoms with Crippen LogP contribution < -0.4 is 15.4 Å². The topological polar surface area (TPSA) is 72.4 Å². The van der Waals surface area contributed by atoms with Gasteiger partial charge in [-0.1, -0.05) is 19.1 Å². The number of hydrogen-bond donors (Lipinski definition) is 3. The molecule has 1 unspecified atom stereocenters. The van der Waals surface area contributed by atoms with Gasteiger partial charge in [0.2, 0.25) is 0 Å². The van der Waals surface area contributed by atoms with Gasteiger partial charge in [0.1, 0.15) is 5.75 Å². The lowest BCUT2D eigenvalue weighted by Crippen LogP contribution is -2.49. The molecule has 2 rings (SSSR count).